The first-order valence-corrected chi connectivity index (χ1v) is 8.39. The molecule has 2 unspecified atom stereocenters. The largest absolute Gasteiger partial charge is 0.463 e. The minimum absolute atomic E-state index is 0.0401. The Labute approximate surface area is 140 Å². The first kappa shape index (κ1) is 21.5. The summed E-state index contributed by atoms with van der Waals surface area (Å²) in [5, 5.41) is 12.3. The topological polar surface area (TPSA) is 102 Å². The molecule has 0 aromatic rings. The van der Waals surface area contributed by atoms with Gasteiger partial charge in [0.2, 0.25) is 5.91 Å². The van der Waals surface area contributed by atoms with E-state index in [0.717, 1.165) is 0 Å². The van der Waals surface area contributed by atoms with Crippen molar-refractivity contribution in [3.63, 3.8) is 0 Å². The van der Waals surface area contributed by atoms with E-state index in [-0.39, 0.29) is 37.2 Å². The summed E-state index contributed by atoms with van der Waals surface area (Å²) in [6.07, 6.45) is -0.856. The Bertz CT molecular complexity index is 426. The van der Waals surface area contributed by atoms with Gasteiger partial charge >= 0.3 is 11.9 Å². The minimum Gasteiger partial charge on any atom is -0.463 e. The van der Waals surface area contributed by atoms with Gasteiger partial charge in [-0.3, -0.25) is 9.59 Å². The third-order valence-electron chi connectivity index (χ3n) is 2.46. The van der Waals surface area contributed by atoms with Crippen LogP contribution in [-0.2, 0) is 23.9 Å². The Morgan fingerprint density at radius 2 is 1.83 bits per heavy atom. The summed E-state index contributed by atoms with van der Waals surface area (Å²) in [7, 11) is 0. The number of rotatable bonds is 11. The highest BCUT2D eigenvalue weighted by molar-refractivity contribution is 7.99. The summed E-state index contributed by atoms with van der Waals surface area (Å²) in [5.74, 6) is 0.143. The molecule has 0 aromatic heterocycles. The quantitative estimate of drug-likeness (QED) is 0.321. The van der Waals surface area contributed by atoms with E-state index in [9.17, 15) is 19.5 Å². The fourth-order valence-electron chi connectivity index (χ4n) is 1.41. The van der Waals surface area contributed by atoms with Crippen LogP contribution in [0.4, 0.5) is 0 Å². The van der Waals surface area contributed by atoms with E-state index < -0.39 is 18.0 Å². The van der Waals surface area contributed by atoms with Crippen LogP contribution in [0.25, 0.3) is 0 Å². The van der Waals surface area contributed by atoms with Gasteiger partial charge in [-0.2, -0.15) is 11.8 Å². The first-order valence-electron chi connectivity index (χ1n) is 7.23. The Hall–Kier alpha value is -1.54. The van der Waals surface area contributed by atoms with E-state index in [1.807, 2.05) is 6.92 Å². The average molecular weight is 347 g/mol. The Balaban J connectivity index is 3.68. The number of hydrogen-bond donors (Lipinski definition) is 2. The summed E-state index contributed by atoms with van der Waals surface area (Å²) in [6.45, 7) is 7.77. The van der Waals surface area contributed by atoms with Crippen molar-refractivity contribution < 1.29 is 29.0 Å². The van der Waals surface area contributed by atoms with Gasteiger partial charge in [-0.1, -0.05) is 6.58 Å². The zero-order chi connectivity index (χ0) is 17.8. The monoisotopic (exact) mass is 347 g/mol. The van der Waals surface area contributed by atoms with Crippen LogP contribution in [0, 0.1) is 0 Å². The number of hydrogen-bond acceptors (Lipinski definition) is 7. The number of aliphatic hydroxyl groups excluding tert-OH is 1. The van der Waals surface area contributed by atoms with Crippen LogP contribution >= 0.6 is 11.8 Å². The second kappa shape index (κ2) is 12.0. The standard InChI is InChI=1S/C15H25NO6S/c1-10(2)15(20)22-8-13(18)7-21-14(19)5-6-23-9-11(3)16-12(4)17/h11,13,18H,1,5-9H2,2-4H3,(H,16,17). The Morgan fingerprint density at radius 1 is 1.22 bits per heavy atom. The number of thioether (sulfide) groups is 1. The van der Waals surface area contributed by atoms with Crippen LogP contribution < -0.4 is 5.32 Å². The number of nitrogens with one attached hydrogen (secondary N) is 1. The highest BCUT2D eigenvalue weighted by atomic mass is 32.2. The molecule has 0 aliphatic heterocycles. The Kier molecular flexibility index (Phi) is 11.2. The molecule has 0 rings (SSSR count). The van der Waals surface area contributed by atoms with Gasteiger partial charge in [0.25, 0.3) is 0 Å². The molecule has 1 amide bonds. The highest BCUT2D eigenvalue weighted by Gasteiger charge is 2.12. The van der Waals surface area contributed by atoms with E-state index in [0.29, 0.717) is 11.5 Å². The average Bonchev–Trinajstić information content (AvgIpc) is 2.46. The molecule has 0 radical (unpaired) electrons. The van der Waals surface area contributed by atoms with E-state index in [1.54, 1.807) is 0 Å². The normalized spacial score (nSPS) is 12.9. The molecule has 0 saturated carbocycles. The lowest BCUT2D eigenvalue weighted by Crippen LogP contribution is -2.32. The SMILES string of the molecule is C=C(C)C(=O)OCC(O)COC(=O)CCSCC(C)NC(C)=O. The molecule has 8 heteroatoms. The number of amides is 1. The second-order valence-electron chi connectivity index (χ2n) is 5.14. The van der Waals surface area contributed by atoms with E-state index in [4.69, 9.17) is 9.47 Å². The predicted octanol–water partition coefficient (Wildman–Crippen LogP) is 0.658. The van der Waals surface area contributed by atoms with Crippen LogP contribution in [0.3, 0.4) is 0 Å². The number of ether oxygens (including phenoxy) is 2. The van der Waals surface area contributed by atoms with Crippen LogP contribution in [-0.4, -0.2) is 59.8 Å². The van der Waals surface area contributed by atoms with Gasteiger partial charge in [0, 0.05) is 30.0 Å². The van der Waals surface area contributed by atoms with Crippen molar-refractivity contribution in [2.75, 3.05) is 24.7 Å². The van der Waals surface area contributed by atoms with Crippen LogP contribution in [0.2, 0.25) is 0 Å². The summed E-state index contributed by atoms with van der Waals surface area (Å²) >= 11 is 1.53. The second-order valence-corrected chi connectivity index (χ2v) is 6.29. The van der Waals surface area contributed by atoms with Crippen LogP contribution in [0.5, 0.6) is 0 Å². The number of carbonyl (C=O) groups excluding carboxylic acids is 3. The summed E-state index contributed by atoms with van der Waals surface area (Å²) < 4.78 is 9.62. The number of esters is 2. The maximum absolute atomic E-state index is 11.5. The third-order valence-corrected chi connectivity index (χ3v) is 3.69. The highest BCUT2D eigenvalue weighted by Crippen LogP contribution is 2.06. The lowest BCUT2D eigenvalue weighted by atomic mass is 10.3. The molecule has 0 bridgehead atoms. The maximum atomic E-state index is 11.5. The predicted molar refractivity (Wildman–Crippen MR) is 88.0 cm³/mol. The molecule has 0 spiro atoms. The lowest BCUT2D eigenvalue weighted by molar-refractivity contribution is -0.150. The van der Waals surface area contributed by atoms with Gasteiger partial charge in [-0.15, -0.1) is 0 Å². The molecule has 2 N–H and O–H groups in total. The van der Waals surface area contributed by atoms with Crippen molar-refractivity contribution in [3.05, 3.63) is 12.2 Å². The number of carbonyl (C=O) groups is 3. The van der Waals surface area contributed by atoms with E-state index in [1.165, 1.54) is 25.6 Å². The molecule has 23 heavy (non-hydrogen) atoms. The van der Waals surface area contributed by atoms with Gasteiger partial charge in [-0.05, 0) is 13.8 Å². The van der Waals surface area contributed by atoms with Gasteiger partial charge in [-0.25, -0.2) is 4.79 Å². The van der Waals surface area contributed by atoms with Crippen molar-refractivity contribution in [1.29, 1.82) is 0 Å². The molecular weight excluding hydrogens is 322 g/mol. The molecule has 132 valence electrons. The van der Waals surface area contributed by atoms with Crippen molar-refractivity contribution in [2.45, 2.75) is 39.3 Å². The third kappa shape index (κ3) is 12.7. The zero-order valence-corrected chi connectivity index (χ0v) is 14.6. The van der Waals surface area contributed by atoms with Crippen LogP contribution in [0.1, 0.15) is 27.2 Å². The summed E-state index contributed by atoms with van der Waals surface area (Å²) in [4.78, 5) is 33.4. The van der Waals surface area contributed by atoms with Crippen molar-refractivity contribution in [3.8, 4) is 0 Å². The molecule has 0 heterocycles. The molecule has 0 aromatic carbocycles. The molecule has 0 fully saturated rings. The van der Waals surface area contributed by atoms with Gasteiger partial charge < -0.3 is 19.9 Å². The van der Waals surface area contributed by atoms with Crippen molar-refractivity contribution in [2.24, 2.45) is 0 Å². The van der Waals surface area contributed by atoms with Crippen molar-refractivity contribution in [1.82, 2.24) is 5.32 Å². The van der Waals surface area contributed by atoms with Gasteiger partial charge in [0.05, 0.1) is 6.42 Å². The van der Waals surface area contributed by atoms with Crippen molar-refractivity contribution >= 4 is 29.6 Å². The molecule has 0 aliphatic carbocycles. The van der Waals surface area contributed by atoms with Gasteiger partial charge in [0.1, 0.15) is 19.3 Å². The molecule has 7 nitrogen and oxygen atoms in total. The van der Waals surface area contributed by atoms with Crippen LogP contribution in [0.15, 0.2) is 12.2 Å². The maximum Gasteiger partial charge on any atom is 0.333 e. The summed E-state index contributed by atoms with van der Waals surface area (Å²) in [5.41, 5.74) is 0.236. The first-order chi connectivity index (χ1) is 10.7. The Morgan fingerprint density at radius 3 is 2.39 bits per heavy atom. The zero-order valence-electron chi connectivity index (χ0n) is 13.8. The molecular formula is C15H25NO6S. The van der Waals surface area contributed by atoms with Gasteiger partial charge in [0.15, 0.2) is 0 Å². The fourth-order valence-corrected chi connectivity index (χ4v) is 2.32. The molecule has 0 aliphatic rings. The van der Waals surface area contributed by atoms with E-state index >= 15 is 0 Å². The minimum atomic E-state index is -1.06. The smallest absolute Gasteiger partial charge is 0.333 e. The lowest BCUT2D eigenvalue weighted by Gasteiger charge is -2.13. The summed E-state index contributed by atoms with van der Waals surface area (Å²) in [6, 6.07) is 0.0401. The molecule has 2 atom stereocenters. The number of aliphatic hydroxyl groups is 1. The van der Waals surface area contributed by atoms with E-state index in [2.05, 4.69) is 11.9 Å². The fraction of sp³-hybridized carbons (Fsp3) is 0.667. The molecule has 0 saturated heterocycles.